The molecule has 1 aliphatic rings. The fourth-order valence-corrected chi connectivity index (χ4v) is 6.22. The topological polar surface area (TPSA) is 96.0 Å². The summed E-state index contributed by atoms with van der Waals surface area (Å²) in [4.78, 5) is 27.8. The van der Waals surface area contributed by atoms with Gasteiger partial charge < -0.3 is 15.0 Å². The Kier molecular flexibility index (Phi) is 7.45. The lowest BCUT2D eigenvalue weighted by atomic mass is 10.1. The molecule has 1 aliphatic heterocycles. The molecule has 1 saturated heterocycles. The van der Waals surface area contributed by atoms with E-state index in [1.54, 1.807) is 56.0 Å². The SMILES string of the molecule is Cc1ccc(NC(=O)N(C2CCN(C(=O)OC(C)(C)C)CC2)S(=O)(=O)c2cccc3ccccc23)cc1. The Balaban J connectivity index is 1.66. The van der Waals surface area contributed by atoms with Gasteiger partial charge in [-0.25, -0.2) is 22.3 Å². The summed E-state index contributed by atoms with van der Waals surface area (Å²) < 4.78 is 34.6. The molecule has 0 atom stereocenters. The summed E-state index contributed by atoms with van der Waals surface area (Å²) in [5.74, 6) is 0. The molecule has 3 amide bonds. The molecule has 0 unspecified atom stereocenters. The lowest BCUT2D eigenvalue weighted by Crippen LogP contribution is -2.52. The molecule has 0 saturated carbocycles. The van der Waals surface area contributed by atoms with Gasteiger partial charge in [-0.2, -0.15) is 0 Å². The van der Waals surface area contributed by atoms with Crippen molar-refractivity contribution in [1.29, 1.82) is 0 Å². The van der Waals surface area contributed by atoms with Crippen LogP contribution in [-0.2, 0) is 14.8 Å². The molecule has 3 aromatic carbocycles. The number of carbonyl (C=O) groups excluding carboxylic acids is 2. The molecule has 37 heavy (non-hydrogen) atoms. The van der Waals surface area contributed by atoms with Gasteiger partial charge in [-0.3, -0.25) is 0 Å². The summed E-state index contributed by atoms with van der Waals surface area (Å²) in [7, 11) is -4.23. The Morgan fingerprint density at radius 3 is 2.22 bits per heavy atom. The van der Waals surface area contributed by atoms with Gasteiger partial charge in [0.05, 0.1) is 10.9 Å². The minimum absolute atomic E-state index is 0.0687. The van der Waals surface area contributed by atoms with Gasteiger partial charge in [0.15, 0.2) is 0 Å². The van der Waals surface area contributed by atoms with Crippen LogP contribution in [0.15, 0.2) is 71.6 Å². The zero-order valence-electron chi connectivity index (χ0n) is 21.6. The van der Waals surface area contributed by atoms with E-state index in [0.717, 1.165) is 15.3 Å². The molecule has 196 valence electrons. The zero-order chi connectivity index (χ0) is 26.8. The highest BCUT2D eigenvalue weighted by Gasteiger charge is 2.39. The van der Waals surface area contributed by atoms with Gasteiger partial charge in [0.1, 0.15) is 5.60 Å². The summed E-state index contributed by atoms with van der Waals surface area (Å²) in [5.41, 5.74) is 0.888. The summed E-state index contributed by atoms with van der Waals surface area (Å²) in [6, 6.07) is 18.0. The number of aryl methyl sites for hydroxylation is 1. The van der Waals surface area contributed by atoms with Crippen LogP contribution in [0.4, 0.5) is 15.3 Å². The summed E-state index contributed by atoms with van der Waals surface area (Å²) in [6.45, 7) is 7.88. The number of rotatable bonds is 4. The summed E-state index contributed by atoms with van der Waals surface area (Å²) in [5, 5.41) is 4.07. The van der Waals surface area contributed by atoms with Crippen LogP contribution in [0.1, 0.15) is 39.2 Å². The fraction of sp³-hybridized carbons (Fsp3) is 0.357. The lowest BCUT2D eigenvalue weighted by molar-refractivity contribution is 0.0187. The molecule has 0 spiro atoms. The Labute approximate surface area is 218 Å². The Morgan fingerprint density at radius 2 is 1.57 bits per heavy atom. The largest absolute Gasteiger partial charge is 0.444 e. The molecule has 8 nitrogen and oxygen atoms in total. The molecule has 1 heterocycles. The number of amides is 3. The van der Waals surface area contributed by atoms with Gasteiger partial charge in [-0.1, -0.05) is 54.1 Å². The number of benzene rings is 3. The number of nitrogens with one attached hydrogen (secondary N) is 1. The van der Waals surface area contributed by atoms with Crippen molar-refractivity contribution in [1.82, 2.24) is 9.21 Å². The molecule has 4 rings (SSSR count). The van der Waals surface area contributed by atoms with Crippen molar-refractivity contribution in [3.05, 3.63) is 72.3 Å². The maximum atomic E-state index is 14.1. The van der Waals surface area contributed by atoms with Gasteiger partial charge in [-0.15, -0.1) is 0 Å². The van der Waals surface area contributed by atoms with E-state index in [0.29, 0.717) is 23.9 Å². The first-order valence-electron chi connectivity index (χ1n) is 12.3. The van der Waals surface area contributed by atoms with Crippen LogP contribution in [0.3, 0.4) is 0 Å². The average Bonchev–Trinajstić information content (AvgIpc) is 2.84. The lowest BCUT2D eigenvalue weighted by Gasteiger charge is -2.38. The van der Waals surface area contributed by atoms with Crippen LogP contribution >= 0.6 is 0 Å². The average molecular weight is 524 g/mol. The van der Waals surface area contributed by atoms with Crippen LogP contribution in [0.25, 0.3) is 10.8 Å². The maximum absolute atomic E-state index is 14.1. The van der Waals surface area contributed by atoms with Gasteiger partial charge in [-0.05, 0) is 64.1 Å². The number of sulfonamides is 1. The monoisotopic (exact) mass is 523 g/mol. The molecule has 1 fully saturated rings. The van der Waals surface area contributed by atoms with Crippen molar-refractivity contribution in [2.45, 2.75) is 57.1 Å². The van der Waals surface area contributed by atoms with Crippen LogP contribution < -0.4 is 5.32 Å². The molecule has 3 aromatic rings. The van der Waals surface area contributed by atoms with Crippen LogP contribution in [0.5, 0.6) is 0 Å². The molecule has 0 aliphatic carbocycles. The third-order valence-electron chi connectivity index (χ3n) is 6.24. The predicted octanol–water partition coefficient (Wildman–Crippen LogP) is 5.77. The van der Waals surface area contributed by atoms with E-state index in [1.165, 1.54) is 6.07 Å². The van der Waals surface area contributed by atoms with Crippen molar-refractivity contribution >= 4 is 38.6 Å². The van der Waals surface area contributed by atoms with E-state index in [-0.39, 0.29) is 18.0 Å². The third kappa shape index (κ3) is 6.05. The minimum Gasteiger partial charge on any atom is -0.444 e. The highest BCUT2D eigenvalue weighted by atomic mass is 32.2. The quantitative estimate of drug-likeness (QED) is 0.468. The molecular weight excluding hydrogens is 490 g/mol. The number of urea groups is 1. The second-order valence-electron chi connectivity index (χ2n) is 10.3. The normalized spacial score (nSPS) is 14.9. The Hall–Kier alpha value is -3.59. The number of fused-ring (bicyclic) bond motifs is 1. The Morgan fingerprint density at radius 1 is 0.946 bits per heavy atom. The van der Waals surface area contributed by atoms with E-state index in [4.69, 9.17) is 4.74 Å². The van der Waals surface area contributed by atoms with Crippen LogP contribution in [0.2, 0.25) is 0 Å². The standard InChI is InChI=1S/C28H33N3O5S/c1-20-12-14-22(15-13-20)29-26(32)31(23-16-18-30(19-17-23)27(33)36-28(2,3)4)37(34,35)25-11-7-9-21-8-5-6-10-24(21)25/h5-15,23H,16-19H2,1-4H3,(H,29,32). The number of nitrogens with zero attached hydrogens (tertiary/aromatic N) is 2. The first-order chi connectivity index (χ1) is 17.5. The zero-order valence-corrected chi connectivity index (χ0v) is 22.4. The Bertz CT molecular complexity index is 1380. The van der Waals surface area contributed by atoms with E-state index in [9.17, 15) is 18.0 Å². The second-order valence-corrected chi connectivity index (χ2v) is 12.1. The smallest absolute Gasteiger partial charge is 0.410 e. The minimum atomic E-state index is -4.23. The number of carbonyl (C=O) groups is 2. The molecule has 9 heteroatoms. The van der Waals surface area contributed by atoms with E-state index < -0.39 is 33.8 Å². The number of hydrogen-bond donors (Lipinski definition) is 1. The first kappa shape index (κ1) is 26.5. The molecule has 1 N–H and O–H groups in total. The van der Waals surface area contributed by atoms with Gasteiger partial charge in [0.25, 0.3) is 10.0 Å². The second kappa shape index (κ2) is 10.4. The fourth-order valence-electron chi connectivity index (χ4n) is 4.42. The van der Waals surface area contributed by atoms with Crippen molar-refractivity contribution in [3.8, 4) is 0 Å². The first-order valence-corrected chi connectivity index (χ1v) is 13.8. The summed E-state index contributed by atoms with van der Waals surface area (Å²) >= 11 is 0. The number of anilines is 1. The molecule has 0 radical (unpaired) electrons. The van der Waals surface area contributed by atoms with Crippen LogP contribution in [0, 0.1) is 6.92 Å². The molecule has 0 bridgehead atoms. The highest BCUT2D eigenvalue weighted by Crippen LogP contribution is 2.30. The molecular formula is C28H33N3O5S. The third-order valence-corrected chi connectivity index (χ3v) is 8.13. The number of piperidine rings is 1. The molecule has 0 aromatic heterocycles. The predicted molar refractivity (Wildman–Crippen MR) is 144 cm³/mol. The van der Waals surface area contributed by atoms with Crippen molar-refractivity contribution in [3.63, 3.8) is 0 Å². The number of hydrogen-bond acceptors (Lipinski definition) is 5. The van der Waals surface area contributed by atoms with Crippen molar-refractivity contribution in [2.75, 3.05) is 18.4 Å². The summed E-state index contributed by atoms with van der Waals surface area (Å²) in [6.07, 6.45) is 0.147. The van der Waals surface area contributed by atoms with Crippen LogP contribution in [-0.4, -0.2) is 54.5 Å². The van der Waals surface area contributed by atoms with E-state index in [1.807, 2.05) is 37.3 Å². The van der Waals surface area contributed by atoms with Crippen molar-refractivity contribution in [2.24, 2.45) is 0 Å². The number of likely N-dealkylation sites (tertiary alicyclic amines) is 1. The number of ether oxygens (including phenoxy) is 1. The van der Waals surface area contributed by atoms with E-state index >= 15 is 0 Å². The van der Waals surface area contributed by atoms with Crippen molar-refractivity contribution < 1.29 is 22.7 Å². The van der Waals surface area contributed by atoms with Gasteiger partial charge in [0, 0.05) is 24.2 Å². The van der Waals surface area contributed by atoms with Gasteiger partial charge >= 0.3 is 12.1 Å². The maximum Gasteiger partial charge on any atom is 0.410 e. The van der Waals surface area contributed by atoms with Gasteiger partial charge in [0.2, 0.25) is 0 Å². The highest BCUT2D eigenvalue weighted by molar-refractivity contribution is 7.90. The van der Waals surface area contributed by atoms with E-state index in [2.05, 4.69) is 5.32 Å².